The number of carbonyl (C=O) groups excluding carboxylic acids is 1. The number of nitrogens with zero attached hydrogens (tertiary/aromatic N) is 1. The summed E-state index contributed by atoms with van der Waals surface area (Å²) in [7, 11) is 0. The van der Waals surface area contributed by atoms with Gasteiger partial charge in [-0.2, -0.15) is 0 Å². The lowest BCUT2D eigenvalue weighted by molar-refractivity contribution is 0.00792. The van der Waals surface area contributed by atoms with E-state index in [0.717, 1.165) is 36.8 Å². The van der Waals surface area contributed by atoms with Gasteiger partial charge in [-0.25, -0.2) is 4.79 Å². The van der Waals surface area contributed by atoms with Gasteiger partial charge in [0.1, 0.15) is 5.60 Å². The Kier molecular flexibility index (Phi) is 4.17. The highest BCUT2D eigenvalue weighted by molar-refractivity contribution is 5.67. The van der Waals surface area contributed by atoms with Crippen molar-refractivity contribution in [1.82, 2.24) is 10.2 Å². The van der Waals surface area contributed by atoms with Crippen LogP contribution in [0.4, 0.5) is 4.79 Å². The lowest BCUT2D eigenvalue weighted by atomic mass is 9.75. The van der Waals surface area contributed by atoms with E-state index in [4.69, 9.17) is 4.74 Å². The predicted octanol–water partition coefficient (Wildman–Crippen LogP) is 3.02. The number of ether oxygens (including phenoxy) is 1. The zero-order chi connectivity index (χ0) is 15.0. The van der Waals surface area contributed by atoms with Gasteiger partial charge in [0.15, 0.2) is 0 Å². The minimum atomic E-state index is -0.404. The highest BCUT2D eigenvalue weighted by Crippen LogP contribution is 2.48. The summed E-state index contributed by atoms with van der Waals surface area (Å²) in [6, 6.07) is 0.851. The molecule has 3 saturated heterocycles. The second kappa shape index (κ2) is 5.79. The first-order chi connectivity index (χ1) is 9.92. The predicted molar refractivity (Wildman–Crippen MR) is 83.2 cm³/mol. The molecule has 4 nitrogen and oxygen atoms in total. The number of carbonyl (C=O) groups is 1. The lowest BCUT2D eigenvalue weighted by Crippen LogP contribution is -2.52. The maximum absolute atomic E-state index is 11.7. The zero-order valence-electron chi connectivity index (χ0n) is 13.7. The summed E-state index contributed by atoms with van der Waals surface area (Å²) in [5.41, 5.74) is -0.404. The third-order valence-electron chi connectivity index (χ3n) is 5.54. The molecular weight excluding hydrogens is 264 g/mol. The van der Waals surface area contributed by atoms with E-state index < -0.39 is 5.60 Å². The SMILES string of the molecule is CC(C)(C)OC(=O)NCCC1CC2C3CCN(CC3)C2C1. The molecule has 3 atom stereocenters. The second-order valence-electron chi connectivity index (χ2n) is 8.16. The number of piperidine rings is 3. The van der Waals surface area contributed by atoms with Crippen molar-refractivity contribution in [3.05, 3.63) is 0 Å². The average molecular weight is 294 g/mol. The van der Waals surface area contributed by atoms with Gasteiger partial charge in [0.05, 0.1) is 0 Å². The Morgan fingerprint density at radius 1 is 1.24 bits per heavy atom. The monoisotopic (exact) mass is 294 g/mol. The summed E-state index contributed by atoms with van der Waals surface area (Å²) in [4.78, 5) is 14.4. The highest BCUT2D eigenvalue weighted by atomic mass is 16.6. The minimum absolute atomic E-state index is 0.276. The Morgan fingerprint density at radius 3 is 2.57 bits per heavy atom. The van der Waals surface area contributed by atoms with E-state index in [-0.39, 0.29) is 6.09 Å². The van der Waals surface area contributed by atoms with Crippen molar-refractivity contribution in [2.75, 3.05) is 19.6 Å². The molecule has 1 aliphatic carbocycles. The van der Waals surface area contributed by atoms with Crippen LogP contribution in [0.25, 0.3) is 0 Å². The Hall–Kier alpha value is -0.770. The van der Waals surface area contributed by atoms with Crippen LogP contribution >= 0.6 is 0 Å². The summed E-state index contributed by atoms with van der Waals surface area (Å²) in [6.45, 7) is 9.11. The Balaban J connectivity index is 1.41. The average Bonchev–Trinajstić information content (AvgIpc) is 2.83. The van der Waals surface area contributed by atoms with Crippen molar-refractivity contribution in [3.8, 4) is 0 Å². The largest absolute Gasteiger partial charge is 0.444 e. The van der Waals surface area contributed by atoms with E-state index in [1.165, 1.54) is 38.8 Å². The number of amides is 1. The van der Waals surface area contributed by atoms with Crippen LogP contribution in [0.5, 0.6) is 0 Å². The quantitative estimate of drug-likeness (QED) is 0.870. The molecule has 0 aromatic rings. The van der Waals surface area contributed by atoms with Crippen LogP contribution in [0.2, 0.25) is 0 Å². The smallest absolute Gasteiger partial charge is 0.407 e. The van der Waals surface area contributed by atoms with E-state index in [1.54, 1.807) is 0 Å². The summed E-state index contributed by atoms with van der Waals surface area (Å²) < 4.78 is 5.28. The number of rotatable bonds is 3. The summed E-state index contributed by atoms with van der Waals surface area (Å²) >= 11 is 0. The van der Waals surface area contributed by atoms with Crippen LogP contribution in [-0.2, 0) is 4.74 Å². The van der Waals surface area contributed by atoms with Gasteiger partial charge in [0.2, 0.25) is 0 Å². The molecule has 21 heavy (non-hydrogen) atoms. The number of nitrogens with one attached hydrogen (secondary N) is 1. The summed E-state index contributed by atoms with van der Waals surface area (Å²) in [5, 5.41) is 2.91. The van der Waals surface area contributed by atoms with Gasteiger partial charge in [-0.1, -0.05) is 0 Å². The maximum Gasteiger partial charge on any atom is 0.407 e. The maximum atomic E-state index is 11.7. The molecule has 2 bridgehead atoms. The van der Waals surface area contributed by atoms with E-state index in [1.807, 2.05) is 20.8 Å². The molecule has 3 unspecified atom stereocenters. The molecule has 0 aromatic heterocycles. The highest BCUT2D eigenvalue weighted by Gasteiger charge is 2.47. The molecule has 4 fully saturated rings. The van der Waals surface area contributed by atoms with Crippen molar-refractivity contribution in [3.63, 3.8) is 0 Å². The van der Waals surface area contributed by atoms with Crippen molar-refractivity contribution >= 4 is 6.09 Å². The third kappa shape index (κ3) is 3.53. The Bertz CT molecular complexity index is 363. The third-order valence-corrected chi connectivity index (χ3v) is 5.54. The van der Waals surface area contributed by atoms with Gasteiger partial charge < -0.3 is 15.0 Å². The molecule has 1 N–H and O–H groups in total. The first-order valence-corrected chi connectivity index (χ1v) is 8.63. The van der Waals surface area contributed by atoms with Gasteiger partial charge in [0.25, 0.3) is 0 Å². The molecule has 4 heteroatoms. The molecular formula is C17H30N2O2. The van der Waals surface area contributed by atoms with Crippen LogP contribution < -0.4 is 5.32 Å². The van der Waals surface area contributed by atoms with Crippen LogP contribution in [-0.4, -0.2) is 42.3 Å². The molecule has 0 spiro atoms. The van der Waals surface area contributed by atoms with E-state index >= 15 is 0 Å². The normalized spacial score (nSPS) is 38.1. The molecule has 120 valence electrons. The lowest BCUT2D eigenvalue weighted by Gasteiger charge is -2.48. The van der Waals surface area contributed by atoms with Crippen LogP contribution in [0.3, 0.4) is 0 Å². The van der Waals surface area contributed by atoms with Crippen molar-refractivity contribution < 1.29 is 9.53 Å². The van der Waals surface area contributed by atoms with Crippen LogP contribution in [0, 0.1) is 17.8 Å². The number of hydrogen-bond acceptors (Lipinski definition) is 3. The fourth-order valence-corrected chi connectivity index (χ4v) is 4.69. The molecule has 3 aliphatic heterocycles. The molecule has 0 radical (unpaired) electrons. The van der Waals surface area contributed by atoms with Gasteiger partial charge in [-0.15, -0.1) is 0 Å². The van der Waals surface area contributed by atoms with Gasteiger partial charge in [-0.05, 0) is 83.7 Å². The second-order valence-corrected chi connectivity index (χ2v) is 8.16. The van der Waals surface area contributed by atoms with Gasteiger partial charge >= 0.3 is 6.09 Å². The molecule has 4 rings (SSSR count). The Morgan fingerprint density at radius 2 is 1.95 bits per heavy atom. The molecule has 4 aliphatic rings. The van der Waals surface area contributed by atoms with E-state index in [2.05, 4.69) is 10.2 Å². The molecule has 0 aromatic carbocycles. The van der Waals surface area contributed by atoms with Crippen molar-refractivity contribution in [2.45, 2.75) is 64.5 Å². The standard InChI is InChI=1S/C17H30N2O2/c1-17(2,3)21-16(20)18-7-4-12-10-14-13-5-8-19(9-6-13)15(14)11-12/h12-15H,4-11H2,1-3H3,(H,18,20). The van der Waals surface area contributed by atoms with Crippen LogP contribution in [0.1, 0.15) is 52.9 Å². The van der Waals surface area contributed by atoms with Crippen LogP contribution in [0.15, 0.2) is 0 Å². The minimum Gasteiger partial charge on any atom is -0.444 e. The summed E-state index contributed by atoms with van der Waals surface area (Å²) in [5.74, 6) is 2.72. The van der Waals surface area contributed by atoms with E-state index in [0.29, 0.717) is 0 Å². The van der Waals surface area contributed by atoms with Gasteiger partial charge in [-0.3, -0.25) is 0 Å². The first kappa shape index (κ1) is 15.1. The zero-order valence-corrected chi connectivity index (χ0v) is 13.7. The first-order valence-electron chi connectivity index (χ1n) is 8.63. The van der Waals surface area contributed by atoms with Crippen molar-refractivity contribution in [1.29, 1.82) is 0 Å². The molecule has 1 amide bonds. The number of alkyl carbamates (subject to hydrolysis) is 1. The van der Waals surface area contributed by atoms with Gasteiger partial charge in [0, 0.05) is 12.6 Å². The fourth-order valence-electron chi connectivity index (χ4n) is 4.69. The van der Waals surface area contributed by atoms with E-state index in [9.17, 15) is 4.79 Å². The fraction of sp³-hybridized carbons (Fsp3) is 0.941. The van der Waals surface area contributed by atoms with Crippen molar-refractivity contribution in [2.24, 2.45) is 17.8 Å². The topological polar surface area (TPSA) is 41.6 Å². The Labute approximate surface area is 128 Å². The summed E-state index contributed by atoms with van der Waals surface area (Å²) in [6.07, 6.45) is 6.39. The molecule has 1 saturated carbocycles. The number of fused-ring (bicyclic) bond motifs is 2. The molecule has 3 heterocycles. The number of hydrogen-bond donors (Lipinski definition) is 1.